The van der Waals surface area contributed by atoms with Crippen LogP contribution >= 0.6 is 0 Å². The van der Waals surface area contributed by atoms with Crippen LogP contribution in [-0.2, 0) is 0 Å². The van der Waals surface area contributed by atoms with Crippen LogP contribution < -0.4 is 4.74 Å². The van der Waals surface area contributed by atoms with Crippen molar-refractivity contribution in [2.45, 2.75) is 84.8 Å². The Kier molecular flexibility index (Phi) is 6.33. The first-order valence-electron chi connectivity index (χ1n) is 11.7. The van der Waals surface area contributed by atoms with Crippen LogP contribution in [0.1, 0.15) is 88.6 Å². The van der Waals surface area contributed by atoms with Gasteiger partial charge in [-0.2, -0.15) is 5.10 Å². The lowest BCUT2D eigenvalue weighted by Crippen LogP contribution is -2.19. The number of pyridine rings is 1. The molecule has 5 heteroatoms. The van der Waals surface area contributed by atoms with Crippen molar-refractivity contribution in [2.24, 2.45) is 5.92 Å². The molecule has 0 saturated heterocycles. The molecule has 3 aromatic rings. The third-order valence-corrected chi connectivity index (χ3v) is 6.50. The number of nitrogens with zero attached hydrogens (tertiary/aromatic N) is 2. The fourth-order valence-electron chi connectivity index (χ4n) is 4.98. The molecule has 1 aliphatic rings. The second kappa shape index (κ2) is 8.99. The standard InChI is InChI=1S/C26H35N3O2/c1-15(2)19-11-12-21-20(14-27-29-21)25(19)22-13-23(31-16(3)4)24(17(5)28-22)26(30)18-9-7-6-8-10-18/h11-16,18,26,30H,6-10H2,1-5H3,(H,27,29). The van der Waals surface area contributed by atoms with Gasteiger partial charge in [-0.15, -0.1) is 0 Å². The molecule has 2 heterocycles. The van der Waals surface area contributed by atoms with Crippen LogP contribution in [-0.4, -0.2) is 26.4 Å². The topological polar surface area (TPSA) is 71.0 Å². The average molecular weight is 422 g/mol. The molecule has 0 amide bonds. The van der Waals surface area contributed by atoms with Gasteiger partial charge in [0.15, 0.2) is 0 Å². The van der Waals surface area contributed by atoms with Crippen LogP contribution in [0.15, 0.2) is 24.4 Å². The molecule has 0 bridgehead atoms. The number of aliphatic hydroxyl groups excluding tert-OH is 1. The number of benzene rings is 1. The van der Waals surface area contributed by atoms with Crippen molar-refractivity contribution >= 4 is 10.9 Å². The summed E-state index contributed by atoms with van der Waals surface area (Å²) in [6.45, 7) is 10.5. The summed E-state index contributed by atoms with van der Waals surface area (Å²) in [5.74, 6) is 1.38. The van der Waals surface area contributed by atoms with E-state index < -0.39 is 6.10 Å². The lowest BCUT2D eigenvalue weighted by atomic mass is 9.82. The summed E-state index contributed by atoms with van der Waals surface area (Å²) in [6.07, 6.45) is 7.12. The fraction of sp³-hybridized carbons (Fsp3) is 0.538. The van der Waals surface area contributed by atoms with E-state index in [0.29, 0.717) is 5.92 Å². The summed E-state index contributed by atoms with van der Waals surface area (Å²) in [4.78, 5) is 5.02. The SMILES string of the molecule is Cc1nc(-c2c(C(C)C)ccc3[nH]ncc23)cc(OC(C)C)c1C(O)C1CCCCC1. The number of rotatable bonds is 6. The van der Waals surface area contributed by atoms with Crippen LogP contribution in [0.2, 0.25) is 0 Å². The van der Waals surface area contributed by atoms with Gasteiger partial charge in [0.1, 0.15) is 5.75 Å². The van der Waals surface area contributed by atoms with E-state index in [-0.39, 0.29) is 12.0 Å². The molecule has 2 N–H and O–H groups in total. The average Bonchev–Trinajstić information content (AvgIpc) is 3.21. The summed E-state index contributed by atoms with van der Waals surface area (Å²) in [7, 11) is 0. The highest BCUT2D eigenvalue weighted by molar-refractivity contribution is 5.95. The van der Waals surface area contributed by atoms with E-state index in [2.05, 4.69) is 36.2 Å². The summed E-state index contributed by atoms with van der Waals surface area (Å²) < 4.78 is 6.27. The third-order valence-electron chi connectivity index (χ3n) is 6.50. The molecule has 1 atom stereocenters. The van der Waals surface area contributed by atoms with E-state index in [1.807, 2.05) is 33.0 Å². The summed E-state index contributed by atoms with van der Waals surface area (Å²) in [5.41, 5.74) is 5.91. The van der Waals surface area contributed by atoms with Gasteiger partial charge in [-0.3, -0.25) is 10.1 Å². The highest BCUT2D eigenvalue weighted by Crippen LogP contribution is 2.42. The van der Waals surface area contributed by atoms with Crippen LogP contribution in [0.4, 0.5) is 0 Å². The predicted octanol–water partition coefficient (Wildman–Crippen LogP) is 6.46. The first-order chi connectivity index (χ1) is 14.9. The zero-order chi connectivity index (χ0) is 22.1. The summed E-state index contributed by atoms with van der Waals surface area (Å²) in [6, 6.07) is 6.27. The number of nitrogens with one attached hydrogen (secondary N) is 1. The summed E-state index contributed by atoms with van der Waals surface area (Å²) >= 11 is 0. The Hall–Kier alpha value is -2.40. The molecule has 0 aliphatic heterocycles. The van der Waals surface area contributed by atoms with Crippen molar-refractivity contribution in [2.75, 3.05) is 0 Å². The number of aromatic nitrogens is 3. The third kappa shape index (κ3) is 4.33. The van der Waals surface area contributed by atoms with Gasteiger partial charge in [-0.05, 0) is 57.1 Å². The van der Waals surface area contributed by atoms with Gasteiger partial charge in [-0.1, -0.05) is 39.2 Å². The highest BCUT2D eigenvalue weighted by atomic mass is 16.5. The number of aromatic amines is 1. The minimum atomic E-state index is -0.537. The van der Waals surface area contributed by atoms with Crippen LogP contribution in [0.5, 0.6) is 5.75 Å². The number of aryl methyl sites for hydroxylation is 1. The van der Waals surface area contributed by atoms with Gasteiger partial charge in [0, 0.05) is 28.3 Å². The van der Waals surface area contributed by atoms with E-state index in [0.717, 1.165) is 52.0 Å². The van der Waals surface area contributed by atoms with Crippen molar-refractivity contribution in [3.63, 3.8) is 0 Å². The van der Waals surface area contributed by atoms with Gasteiger partial charge in [0.05, 0.1) is 29.6 Å². The quantitative estimate of drug-likeness (QED) is 0.479. The van der Waals surface area contributed by atoms with Gasteiger partial charge >= 0.3 is 0 Å². The number of H-pyrrole nitrogens is 1. The van der Waals surface area contributed by atoms with Crippen molar-refractivity contribution in [3.8, 4) is 17.0 Å². The number of hydrogen-bond donors (Lipinski definition) is 2. The van der Waals surface area contributed by atoms with E-state index in [1.165, 1.54) is 24.8 Å². The highest BCUT2D eigenvalue weighted by Gasteiger charge is 2.29. The van der Waals surface area contributed by atoms with Gasteiger partial charge in [0.25, 0.3) is 0 Å². The second-order valence-electron chi connectivity index (χ2n) is 9.53. The van der Waals surface area contributed by atoms with Crippen molar-refractivity contribution in [3.05, 3.63) is 41.2 Å². The molecule has 0 spiro atoms. The molecule has 5 nitrogen and oxygen atoms in total. The van der Waals surface area contributed by atoms with Crippen molar-refractivity contribution in [1.82, 2.24) is 15.2 Å². The Morgan fingerprint density at radius 2 is 1.84 bits per heavy atom. The first kappa shape index (κ1) is 21.8. The molecule has 1 saturated carbocycles. The molecule has 0 radical (unpaired) electrons. The zero-order valence-corrected chi connectivity index (χ0v) is 19.4. The maximum Gasteiger partial charge on any atom is 0.129 e. The molecule has 4 rings (SSSR count). The molecule has 2 aromatic heterocycles. The Morgan fingerprint density at radius 3 is 2.52 bits per heavy atom. The Labute approximate surface area is 185 Å². The number of aliphatic hydroxyl groups is 1. The lowest BCUT2D eigenvalue weighted by Gasteiger charge is -2.29. The molecule has 1 unspecified atom stereocenters. The maximum atomic E-state index is 11.3. The van der Waals surface area contributed by atoms with Crippen LogP contribution in [0, 0.1) is 12.8 Å². The van der Waals surface area contributed by atoms with E-state index in [4.69, 9.17) is 9.72 Å². The zero-order valence-electron chi connectivity index (χ0n) is 19.4. The maximum absolute atomic E-state index is 11.3. The second-order valence-corrected chi connectivity index (χ2v) is 9.53. The van der Waals surface area contributed by atoms with E-state index in [1.54, 1.807) is 0 Å². The molecule has 31 heavy (non-hydrogen) atoms. The van der Waals surface area contributed by atoms with E-state index >= 15 is 0 Å². The lowest BCUT2D eigenvalue weighted by molar-refractivity contribution is 0.0794. The monoisotopic (exact) mass is 421 g/mol. The Balaban J connectivity index is 1.88. The van der Waals surface area contributed by atoms with Gasteiger partial charge in [-0.25, -0.2) is 0 Å². The normalized spacial score (nSPS) is 16.4. The Bertz CT molecular complexity index is 1050. The molecular weight excluding hydrogens is 386 g/mol. The number of ether oxygens (including phenoxy) is 1. The van der Waals surface area contributed by atoms with Crippen LogP contribution in [0.25, 0.3) is 22.2 Å². The number of fused-ring (bicyclic) bond motifs is 1. The largest absolute Gasteiger partial charge is 0.490 e. The molecule has 1 aromatic carbocycles. The smallest absolute Gasteiger partial charge is 0.129 e. The van der Waals surface area contributed by atoms with E-state index in [9.17, 15) is 5.11 Å². The van der Waals surface area contributed by atoms with Crippen molar-refractivity contribution < 1.29 is 9.84 Å². The fourth-order valence-corrected chi connectivity index (χ4v) is 4.98. The van der Waals surface area contributed by atoms with Gasteiger partial charge < -0.3 is 9.84 Å². The molecule has 1 aliphatic carbocycles. The minimum absolute atomic E-state index is 0.0150. The molecule has 1 fully saturated rings. The van der Waals surface area contributed by atoms with Gasteiger partial charge in [0.2, 0.25) is 0 Å². The predicted molar refractivity (Wildman–Crippen MR) is 125 cm³/mol. The molecular formula is C26H35N3O2. The Morgan fingerprint density at radius 1 is 1.10 bits per heavy atom. The van der Waals surface area contributed by atoms with Crippen molar-refractivity contribution in [1.29, 1.82) is 0 Å². The summed E-state index contributed by atoms with van der Waals surface area (Å²) in [5, 5.41) is 19.7. The molecule has 166 valence electrons. The number of hydrogen-bond acceptors (Lipinski definition) is 4. The first-order valence-corrected chi connectivity index (χ1v) is 11.7. The van der Waals surface area contributed by atoms with Crippen LogP contribution in [0.3, 0.4) is 0 Å². The minimum Gasteiger partial charge on any atom is -0.490 e.